The van der Waals surface area contributed by atoms with E-state index in [0.29, 0.717) is 25.8 Å². The van der Waals surface area contributed by atoms with Crippen molar-refractivity contribution >= 4 is 27.0 Å². The summed E-state index contributed by atoms with van der Waals surface area (Å²) in [5.41, 5.74) is 4.22. The van der Waals surface area contributed by atoms with Crippen LogP contribution in [0.3, 0.4) is 0 Å². The molecule has 0 spiro atoms. The molecule has 1 aliphatic rings. The zero-order valence-corrected chi connectivity index (χ0v) is 19.3. The van der Waals surface area contributed by atoms with Crippen LogP contribution in [0.25, 0.3) is 22.0 Å². The number of hydrogen-bond donors (Lipinski definition) is 1. The Bertz CT molecular complexity index is 1240. The van der Waals surface area contributed by atoms with E-state index < -0.39 is 16.1 Å². The first-order valence-electron chi connectivity index (χ1n) is 10.6. The molecule has 3 aromatic rings. The Morgan fingerprint density at radius 3 is 2.75 bits per heavy atom. The van der Waals surface area contributed by atoms with Crippen molar-refractivity contribution in [1.82, 2.24) is 19.4 Å². The lowest BCUT2D eigenvalue weighted by Gasteiger charge is -2.40. The molecular weight excluding hydrogens is 428 g/mol. The molecule has 0 radical (unpaired) electrons. The molecule has 9 heteroatoms. The average molecular weight is 457 g/mol. The number of nitrogens with one attached hydrogen (secondary N) is 1. The van der Waals surface area contributed by atoms with Crippen molar-refractivity contribution in [1.29, 1.82) is 0 Å². The van der Waals surface area contributed by atoms with Crippen LogP contribution < -0.4 is 4.72 Å². The van der Waals surface area contributed by atoms with E-state index in [0.717, 1.165) is 33.8 Å². The number of methoxy groups -OCH3 is 1. The number of carbonyl (C=O) groups excluding carboxylic acids is 1. The summed E-state index contributed by atoms with van der Waals surface area (Å²) in [4.78, 5) is 14.1. The van der Waals surface area contributed by atoms with Gasteiger partial charge in [-0.2, -0.15) is 5.10 Å². The topological polar surface area (TPSA) is 93.5 Å². The van der Waals surface area contributed by atoms with Crippen LogP contribution in [0.4, 0.5) is 4.79 Å². The van der Waals surface area contributed by atoms with Crippen LogP contribution in [0.5, 0.6) is 0 Å². The molecule has 1 amide bonds. The SMILES string of the molecule is COC(=O)N1CCC[C@@H](NS(C)(=O)=O)[C@H]1Cc1cccc(-c2ccc3c(cnn3C)c2)c1. The number of ether oxygens (including phenoxy) is 1. The predicted octanol–water partition coefficient (Wildman–Crippen LogP) is 2.93. The summed E-state index contributed by atoms with van der Waals surface area (Å²) in [5, 5.41) is 5.37. The van der Waals surface area contributed by atoms with Crippen LogP contribution >= 0.6 is 0 Å². The van der Waals surface area contributed by atoms with Crippen LogP contribution in [0.2, 0.25) is 0 Å². The van der Waals surface area contributed by atoms with Gasteiger partial charge in [0.15, 0.2) is 0 Å². The van der Waals surface area contributed by atoms with Gasteiger partial charge in [0.25, 0.3) is 0 Å². The van der Waals surface area contributed by atoms with Crippen molar-refractivity contribution in [2.24, 2.45) is 7.05 Å². The van der Waals surface area contributed by atoms with Gasteiger partial charge < -0.3 is 9.64 Å². The van der Waals surface area contributed by atoms with Gasteiger partial charge in [-0.05, 0) is 48.1 Å². The number of sulfonamides is 1. The number of hydrogen-bond acceptors (Lipinski definition) is 5. The highest BCUT2D eigenvalue weighted by atomic mass is 32.2. The van der Waals surface area contributed by atoms with Gasteiger partial charge in [-0.3, -0.25) is 4.68 Å². The molecule has 1 aliphatic heterocycles. The van der Waals surface area contributed by atoms with Gasteiger partial charge in [0, 0.05) is 25.0 Å². The molecule has 1 N–H and O–H groups in total. The molecule has 4 rings (SSSR count). The fourth-order valence-electron chi connectivity index (χ4n) is 4.53. The van der Waals surface area contributed by atoms with Crippen molar-refractivity contribution in [3.05, 3.63) is 54.2 Å². The van der Waals surface area contributed by atoms with Crippen molar-refractivity contribution in [2.75, 3.05) is 19.9 Å². The lowest BCUT2D eigenvalue weighted by atomic mass is 9.90. The smallest absolute Gasteiger partial charge is 0.409 e. The van der Waals surface area contributed by atoms with Crippen molar-refractivity contribution in [3.8, 4) is 11.1 Å². The standard InChI is InChI=1S/C23H28N4O4S/c1-26-21-10-9-18(14-19(21)15-24-26)17-7-4-6-16(12-17)13-22-20(25-32(3,29)30)8-5-11-27(22)23(28)31-2/h4,6-7,9-10,12,14-15,20,22,25H,5,8,11,13H2,1-3H3/t20-,22-/m1/s1. The molecule has 2 atom stereocenters. The molecule has 0 aliphatic carbocycles. The van der Waals surface area contributed by atoms with Gasteiger partial charge in [0.05, 0.1) is 31.1 Å². The summed E-state index contributed by atoms with van der Waals surface area (Å²) in [6.45, 7) is 0.538. The van der Waals surface area contributed by atoms with Crippen LogP contribution in [0.15, 0.2) is 48.7 Å². The van der Waals surface area contributed by atoms with Crippen LogP contribution in [-0.2, 0) is 28.2 Å². The Labute approximate surface area is 188 Å². The van der Waals surface area contributed by atoms with E-state index in [9.17, 15) is 13.2 Å². The Kier molecular flexibility index (Phi) is 6.21. The Morgan fingerprint density at radius 1 is 1.22 bits per heavy atom. The van der Waals surface area contributed by atoms with E-state index in [2.05, 4.69) is 34.1 Å². The number of carbonyl (C=O) groups is 1. The second kappa shape index (κ2) is 8.91. The normalized spacial score (nSPS) is 19.3. The highest BCUT2D eigenvalue weighted by Gasteiger charge is 2.36. The highest BCUT2D eigenvalue weighted by molar-refractivity contribution is 7.88. The Morgan fingerprint density at radius 2 is 2.00 bits per heavy atom. The molecule has 1 aromatic heterocycles. The number of rotatable bonds is 5. The zero-order chi connectivity index (χ0) is 22.9. The number of fused-ring (bicyclic) bond motifs is 1. The summed E-state index contributed by atoms with van der Waals surface area (Å²) in [6, 6.07) is 13.7. The Hall–Kier alpha value is -2.91. The summed E-state index contributed by atoms with van der Waals surface area (Å²) in [5.74, 6) is 0. The molecule has 8 nitrogen and oxygen atoms in total. The molecule has 170 valence electrons. The second-order valence-corrected chi connectivity index (χ2v) is 10.1. The molecule has 0 bridgehead atoms. The van der Waals surface area contributed by atoms with E-state index in [4.69, 9.17) is 4.74 Å². The van der Waals surface area contributed by atoms with Gasteiger partial charge in [-0.1, -0.05) is 30.3 Å². The molecule has 2 aromatic carbocycles. The second-order valence-electron chi connectivity index (χ2n) is 8.32. The van der Waals surface area contributed by atoms with Crippen molar-refractivity contribution in [3.63, 3.8) is 0 Å². The number of piperidine rings is 1. The van der Waals surface area contributed by atoms with Gasteiger partial charge >= 0.3 is 6.09 Å². The molecule has 2 heterocycles. The molecule has 1 fully saturated rings. The quantitative estimate of drug-likeness (QED) is 0.637. The van der Waals surface area contributed by atoms with E-state index in [1.165, 1.54) is 7.11 Å². The monoisotopic (exact) mass is 456 g/mol. The maximum atomic E-state index is 12.4. The first-order valence-corrected chi connectivity index (χ1v) is 12.5. The van der Waals surface area contributed by atoms with Gasteiger partial charge in [-0.15, -0.1) is 0 Å². The third-order valence-electron chi connectivity index (χ3n) is 6.00. The minimum atomic E-state index is -3.41. The molecule has 1 saturated heterocycles. The van der Waals surface area contributed by atoms with Crippen molar-refractivity contribution in [2.45, 2.75) is 31.3 Å². The number of amides is 1. The minimum Gasteiger partial charge on any atom is -0.453 e. The summed E-state index contributed by atoms with van der Waals surface area (Å²) in [6.07, 6.45) is 4.46. The zero-order valence-electron chi connectivity index (χ0n) is 18.5. The first kappa shape index (κ1) is 22.3. The fourth-order valence-corrected chi connectivity index (χ4v) is 5.35. The van der Waals surface area contributed by atoms with E-state index in [-0.39, 0.29) is 12.1 Å². The maximum absolute atomic E-state index is 12.4. The highest BCUT2D eigenvalue weighted by Crippen LogP contribution is 2.27. The summed E-state index contributed by atoms with van der Waals surface area (Å²) in [7, 11) is -0.145. The van der Waals surface area contributed by atoms with E-state index in [1.54, 1.807) is 4.90 Å². The molecule has 0 saturated carbocycles. The third-order valence-corrected chi connectivity index (χ3v) is 6.74. The number of benzene rings is 2. The number of aryl methyl sites for hydroxylation is 1. The number of likely N-dealkylation sites (tertiary alicyclic amines) is 1. The summed E-state index contributed by atoms with van der Waals surface area (Å²) >= 11 is 0. The van der Waals surface area contributed by atoms with Gasteiger partial charge in [-0.25, -0.2) is 17.9 Å². The Balaban J connectivity index is 1.64. The first-order chi connectivity index (χ1) is 15.2. The molecular formula is C23H28N4O4S. The lowest BCUT2D eigenvalue weighted by Crippen LogP contribution is -2.57. The van der Waals surface area contributed by atoms with Gasteiger partial charge in [0.1, 0.15) is 0 Å². The average Bonchev–Trinajstić information content (AvgIpc) is 3.14. The van der Waals surface area contributed by atoms with E-state index in [1.807, 2.05) is 36.1 Å². The molecule has 32 heavy (non-hydrogen) atoms. The predicted molar refractivity (Wildman–Crippen MR) is 124 cm³/mol. The summed E-state index contributed by atoms with van der Waals surface area (Å²) < 4.78 is 33.4. The lowest BCUT2D eigenvalue weighted by molar-refractivity contribution is 0.0792. The largest absolute Gasteiger partial charge is 0.453 e. The van der Waals surface area contributed by atoms with Crippen LogP contribution in [-0.4, -0.2) is 61.2 Å². The van der Waals surface area contributed by atoms with Crippen molar-refractivity contribution < 1.29 is 17.9 Å². The fraction of sp³-hybridized carbons (Fsp3) is 0.391. The van der Waals surface area contributed by atoms with Crippen LogP contribution in [0.1, 0.15) is 18.4 Å². The maximum Gasteiger partial charge on any atom is 0.409 e. The van der Waals surface area contributed by atoms with Gasteiger partial charge in [0.2, 0.25) is 10.0 Å². The number of nitrogens with zero attached hydrogens (tertiary/aromatic N) is 3. The minimum absolute atomic E-state index is 0.332. The number of aromatic nitrogens is 2. The third kappa shape index (κ3) is 4.78. The van der Waals surface area contributed by atoms with Crippen LogP contribution in [0, 0.1) is 0 Å². The molecule has 0 unspecified atom stereocenters. The van der Waals surface area contributed by atoms with E-state index >= 15 is 0 Å².